The van der Waals surface area contributed by atoms with Gasteiger partial charge in [0, 0.05) is 44.2 Å². The van der Waals surface area contributed by atoms with Crippen LogP contribution in [0.1, 0.15) is 28.8 Å². The first-order valence-electron chi connectivity index (χ1n) is 16.2. The third-order valence-corrected chi connectivity index (χ3v) is 9.69. The molecule has 0 N–H and O–H groups in total. The number of nitriles is 2. The minimum Gasteiger partial charge on any atom is -0.313 e. The van der Waals surface area contributed by atoms with E-state index in [0.717, 1.165) is 68.3 Å². The second-order valence-corrected chi connectivity index (χ2v) is 12.3. The van der Waals surface area contributed by atoms with E-state index in [1.807, 2.05) is 42.5 Å². The van der Waals surface area contributed by atoms with Crippen molar-refractivity contribution in [3.05, 3.63) is 162 Å². The number of hydrogen-bond donors (Lipinski definition) is 0. The van der Waals surface area contributed by atoms with Crippen molar-refractivity contribution in [2.24, 2.45) is 0 Å². The van der Waals surface area contributed by atoms with E-state index in [2.05, 4.69) is 124 Å². The Morgan fingerprint density at radius 3 is 2.08 bits per heavy atom. The number of aromatic nitrogens is 2. The van der Waals surface area contributed by atoms with E-state index in [1.54, 1.807) is 0 Å². The van der Waals surface area contributed by atoms with Gasteiger partial charge in [-0.25, -0.2) is 0 Å². The number of fused-ring (bicyclic) bond motifs is 6. The summed E-state index contributed by atoms with van der Waals surface area (Å²) in [6.07, 6.45) is 6.56. The lowest BCUT2D eigenvalue weighted by Crippen LogP contribution is -2.03. The third-order valence-electron chi connectivity index (χ3n) is 9.69. The van der Waals surface area contributed by atoms with Gasteiger partial charge < -0.3 is 9.13 Å². The van der Waals surface area contributed by atoms with Gasteiger partial charge in [0.1, 0.15) is 0 Å². The predicted molar refractivity (Wildman–Crippen MR) is 195 cm³/mol. The number of rotatable bonds is 4. The zero-order valence-electron chi connectivity index (χ0n) is 26.1. The third kappa shape index (κ3) is 4.14. The van der Waals surface area contributed by atoms with E-state index in [1.165, 1.54) is 22.2 Å². The molecule has 48 heavy (non-hydrogen) atoms. The van der Waals surface area contributed by atoms with Crippen molar-refractivity contribution in [3.8, 4) is 45.8 Å². The quantitative estimate of drug-likeness (QED) is 0.199. The zero-order chi connectivity index (χ0) is 32.2. The number of nitrogens with zero attached hydrogens (tertiary/aromatic N) is 4. The molecule has 0 spiro atoms. The molecule has 0 bridgehead atoms. The van der Waals surface area contributed by atoms with Crippen LogP contribution in [-0.4, -0.2) is 9.13 Å². The van der Waals surface area contributed by atoms with E-state index in [0.29, 0.717) is 11.1 Å². The van der Waals surface area contributed by atoms with Crippen LogP contribution in [0, 0.1) is 22.7 Å². The van der Waals surface area contributed by atoms with Crippen molar-refractivity contribution in [1.29, 1.82) is 10.5 Å². The average Bonchev–Trinajstić information content (AvgIpc) is 3.67. The second-order valence-electron chi connectivity index (χ2n) is 12.3. The second kappa shape index (κ2) is 11.0. The van der Waals surface area contributed by atoms with Gasteiger partial charge in [-0.05, 0) is 72.5 Å². The number of para-hydroxylation sites is 3. The molecule has 0 saturated carbocycles. The van der Waals surface area contributed by atoms with Gasteiger partial charge in [-0.1, -0.05) is 97.1 Å². The first-order valence-corrected chi connectivity index (χ1v) is 16.2. The summed E-state index contributed by atoms with van der Waals surface area (Å²) in [7, 11) is 0. The van der Waals surface area contributed by atoms with Crippen LogP contribution >= 0.6 is 0 Å². The molecule has 8 aromatic rings. The molecule has 1 aliphatic rings. The molecule has 0 unspecified atom stereocenters. The van der Waals surface area contributed by atoms with Crippen LogP contribution in [0.25, 0.3) is 72.4 Å². The highest BCUT2D eigenvalue weighted by Gasteiger charge is 2.21. The van der Waals surface area contributed by atoms with Crippen molar-refractivity contribution in [3.63, 3.8) is 0 Å². The first-order chi connectivity index (χ1) is 23.7. The van der Waals surface area contributed by atoms with E-state index >= 15 is 0 Å². The summed E-state index contributed by atoms with van der Waals surface area (Å²) < 4.78 is 4.64. The van der Waals surface area contributed by atoms with Gasteiger partial charge in [0.15, 0.2) is 0 Å². The Labute approximate surface area is 278 Å². The highest BCUT2D eigenvalue weighted by Crippen LogP contribution is 2.41. The van der Waals surface area contributed by atoms with Crippen molar-refractivity contribution in [2.75, 3.05) is 0 Å². The van der Waals surface area contributed by atoms with Crippen LogP contribution in [0.3, 0.4) is 0 Å². The molecule has 4 heteroatoms. The molecule has 4 nitrogen and oxygen atoms in total. The van der Waals surface area contributed by atoms with Crippen LogP contribution in [0.5, 0.6) is 0 Å². The maximum absolute atomic E-state index is 10.4. The lowest BCUT2D eigenvalue weighted by molar-refractivity contribution is 0.888. The number of hydrogen-bond acceptors (Lipinski definition) is 2. The topological polar surface area (TPSA) is 57.4 Å². The summed E-state index contributed by atoms with van der Waals surface area (Å²) in [5.41, 5.74) is 13.1. The van der Waals surface area contributed by atoms with Crippen LogP contribution in [0.2, 0.25) is 0 Å². The summed E-state index contributed by atoms with van der Waals surface area (Å²) in [4.78, 5) is 0. The highest BCUT2D eigenvalue weighted by atomic mass is 15.0. The van der Waals surface area contributed by atoms with Crippen molar-refractivity contribution >= 4 is 38.8 Å². The lowest BCUT2D eigenvalue weighted by Gasteiger charge is -2.18. The summed E-state index contributed by atoms with van der Waals surface area (Å²) >= 11 is 0. The minimum absolute atomic E-state index is 0.615. The maximum atomic E-state index is 10.4. The molecule has 2 heterocycles. The van der Waals surface area contributed by atoms with E-state index < -0.39 is 0 Å². The van der Waals surface area contributed by atoms with E-state index in [-0.39, 0.29) is 0 Å². The lowest BCUT2D eigenvalue weighted by atomic mass is 9.90. The Morgan fingerprint density at radius 2 is 1.27 bits per heavy atom. The Hall–Kier alpha value is -6.62. The average molecular weight is 613 g/mol. The van der Waals surface area contributed by atoms with Crippen LogP contribution in [0.15, 0.2) is 140 Å². The van der Waals surface area contributed by atoms with Crippen molar-refractivity contribution in [1.82, 2.24) is 9.13 Å². The molecule has 0 aliphatic heterocycles. The molecule has 1 aliphatic carbocycles. The standard InChI is InChI=1S/C44H28N4/c45-27-29-20-25-37-35-13-3-7-18-41(35)48(43(37)26-29)42-19-8-4-14-36(42)38-15-9-10-31(28-46)44(38)30-21-23-32(24-22-30)47-39-16-5-1-11-33(39)34-12-2-6-17-40(34)47/h1-5,7-16,18-26H,6,17H2. The van der Waals surface area contributed by atoms with Crippen LogP contribution in [0.4, 0.5) is 0 Å². The number of benzene rings is 6. The van der Waals surface area contributed by atoms with Gasteiger partial charge in [0.25, 0.3) is 0 Å². The summed E-state index contributed by atoms with van der Waals surface area (Å²) in [5.74, 6) is 0. The maximum Gasteiger partial charge on any atom is 0.0998 e. The molecule has 0 atom stereocenters. The summed E-state index contributed by atoms with van der Waals surface area (Å²) in [5, 5.41) is 23.7. The molecular weight excluding hydrogens is 585 g/mol. The van der Waals surface area contributed by atoms with Crippen LogP contribution < -0.4 is 0 Å². The fraction of sp³-hybridized carbons (Fsp3) is 0.0455. The zero-order valence-corrected chi connectivity index (χ0v) is 26.1. The van der Waals surface area contributed by atoms with Gasteiger partial charge in [0.05, 0.1) is 45.5 Å². The summed E-state index contributed by atoms with van der Waals surface area (Å²) in [6.45, 7) is 0. The van der Waals surface area contributed by atoms with Gasteiger partial charge in [-0.2, -0.15) is 10.5 Å². The molecule has 0 fully saturated rings. The molecule has 224 valence electrons. The Morgan fingerprint density at radius 1 is 0.562 bits per heavy atom. The van der Waals surface area contributed by atoms with Gasteiger partial charge in [-0.3, -0.25) is 0 Å². The van der Waals surface area contributed by atoms with Gasteiger partial charge in [0.2, 0.25) is 0 Å². The molecule has 0 saturated heterocycles. The highest BCUT2D eigenvalue weighted by molar-refractivity contribution is 6.10. The molecule has 6 aromatic carbocycles. The number of allylic oxidation sites excluding steroid dienone is 1. The molecule has 9 rings (SSSR count). The van der Waals surface area contributed by atoms with Gasteiger partial charge >= 0.3 is 0 Å². The van der Waals surface area contributed by atoms with Crippen LogP contribution in [-0.2, 0) is 6.42 Å². The van der Waals surface area contributed by atoms with Crippen molar-refractivity contribution < 1.29 is 0 Å². The summed E-state index contributed by atoms with van der Waals surface area (Å²) in [6, 6.07) is 50.7. The Bertz CT molecular complexity index is 2690. The van der Waals surface area contributed by atoms with Gasteiger partial charge in [-0.15, -0.1) is 0 Å². The monoisotopic (exact) mass is 612 g/mol. The Kier molecular flexibility index (Phi) is 6.35. The van der Waals surface area contributed by atoms with E-state index in [4.69, 9.17) is 0 Å². The fourth-order valence-corrected chi connectivity index (χ4v) is 7.62. The predicted octanol–water partition coefficient (Wildman–Crippen LogP) is 10.8. The first kappa shape index (κ1) is 27.7. The molecule has 0 amide bonds. The largest absolute Gasteiger partial charge is 0.313 e. The molecular formula is C44H28N4. The smallest absolute Gasteiger partial charge is 0.0998 e. The SMILES string of the molecule is N#Cc1ccc2c3ccccc3n(-c3ccccc3-c3cccc(C#N)c3-c3ccc(-n4c5c(c6ccccc64)C=CCC5)cc3)c2c1. The molecule has 0 radical (unpaired) electrons. The molecule has 2 aromatic heterocycles. The Balaban J connectivity index is 1.24. The minimum atomic E-state index is 0.615. The van der Waals surface area contributed by atoms with E-state index in [9.17, 15) is 10.5 Å². The fourth-order valence-electron chi connectivity index (χ4n) is 7.62. The van der Waals surface area contributed by atoms with Crippen molar-refractivity contribution in [2.45, 2.75) is 12.8 Å². The normalized spacial score (nSPS) is 12.3.